The van der Waals surface area contributed by atoms with Gasteiger partial charge in [-0.1, -0.05) is 6.92 Å². The van der Waals surface area contributed by atoms with Crippen molar-refractivity contribution in [3.05, 3.63) is 48.0 Å². The molecule has 8 nitrogen and oxygen atoms in total. The lowest BCUT2D eigenvalue weighted by molar-refractivity contribution is 0.306. The number of nitrogens with zero attached hydrogens (tertiary/aromatic N) is 5. The number of aromatic amines is 1. The lowest BCUT2D eigenvalue weighted by Gasteiger charge is -2.13. The first-order chi connectivity index (χ1) is 14.2. The SMILES string of the molecule is CCCOc1ncccc1-c1cc(NCc2cn[nH]c2)c2c(n1)c(C)nn2CC. The molecule has 0 amide bonds. The van der Waals surface area contributed by atoms with Crippen LogP contribution >= 0.6 is 0 Å². The molecular weight excluding hydrogens is 366 g/mol. The van der Waals surface area contributed by atoms with Crippen LogP contribution in [0.15, 0.2) is 36.8 Å². The molecule has 0 spiro atoms. The van der Waals surface area contributed by atoms with Crippen LogP contribution in [-0.4, -0.2) is 36.6 Å². The first-order valence-electron chi connectivity index (χ1n) is 9.89. The number of nitrogens with one attached hydrogen (secondary N) is 2. The number of hydrogen-bond donors (Lipinski definition) is 2. The maximum absolute atomic E-state index is 5.86. The van der Waals surface area contributed by atoms with Gasteiger partial charge in [0.25, 0.3) is 0 Å². The minimum absolute atomic E-state index is 0.600. The topological polar surface area (TPSA) is 93.5 Å². The van der Waals surface area contributed by atoms with Gasteiger partial charge in [-0.2, -0.15) is 10.2 Å². The molecule has 0 aliphatic heterocycles. The fourth-order valence-electron chi connectivity index (χ4n) is 3.30. The molecule has 8 heteroatoms. The van der Waals surface area contributed by atoms with Crippen molar-refractivity contribution in [2.75, 3.05) is 11.9 Å². The van der Waals surface area contributed by atoms with Gasteiger partial charge in [-0.3, -0.25) is 9.78 Å². The predicted molar refractivity (Wildman–Crippen MR) is 113 cm³/mol. The molecule has 4 rings (SSSR count). The second-order valence-electron chi connectivity index (χ2n) is 6.82. The average Bonchev–Trinajstić information content (AvgIpc) is 3.38. The number of H-pyrrole nitrogens is 1. The Morgan fingerprint density at radius 2 is 2.17 bits per heavy atom. The summed E-state index contributed by atoms with van der Waals surface area (Å²) < 4.78 is 7.85. The van der Waals surface area contributed by atoms with E-state index in [-0.39, 0.29) is 0 Å². The summed E-state index contributed by atoms with van der Waals surface area (Å²) in [5.74, 6) is 0.600. The number of ether oxygens (including phenoxy) is 1. The summed E-state index contributed by atoms with van der Waals surface area (Å²) >= 11 is 0. The van der Waals surface area contributed by atoms with Crippen molar-refractivity contribution in [2.45, 2.75) is 40.3 Å². The van der Waals surface area contributed by atoms with Crippen molar-refractivity contribution in [3.63, 3.8) is 0 Å². The molecule has 29 heavy (non-hydrogen) atoms. The molecule has 0 unspecified atom stereocenters. The summed E-state index contributed by atoms with van der Waals surface area (Å²) in [5, 5.41) is 15.1. The van der Waals surface area contributed by atoms with E-state index in [1.165, 1.54) is 0 Å². The van der Waals surface area contributed by atoms with E-state index in [1.54, 1.807) is 6.20 Å². The van der Waals surface area contributed by atoms with Gasteiger partial charge in [-0.25, -0.2) is 9.97 Å². The van der Waals surface area contributed by atoms with Gasteiger partial charge in [0.1, 0.15) is 11.0 Å². The van der Waals surface area contributed by atoms with Gasteiger partial charge in [-0.05, 0) is 38.5 Å². The van der Waals surface area contributed by atoms with Crippen molar-refractivity contribution < 1.29 is 4.74 Å². The van der Waals surface area contributed by atoms with Crippen LogP contribution in [-0.2, 0) is 13.1 Å². The number of aromatic nitrogens is 6. The summed E-state index contributed by atoms with van der Waals surface area (Å²) in [4.78, 5) is 9.34. The Balaban J connectivity index is 1.82. The second-order valence-corrected chi connectivity index (χ2v) is 6.82. The maximum Gasteiger partial charge on any atom is 0.222 e. The van der Waals surface area contributed by atoms with Gasteiger partial charge in [0.2, 0.25) is 5.88 Å². The molecule has 4 aromatic heterocycles. The number of pyridine rings is 2. The highest BCUT2D eigenvalue weighted by molar-refractivity contribution is 5.93. The third-order valence-corrected chi connectivity index (χ3v) is 4.69. The first kappa shape index (κ1) is 18.9. The van der Waals surface area contributed by atoms with Gasteiger partial charge in [0.15, 0.2) is 0 Å². The Bertz CT molecular complexity index is 1100. The fourth-order valence-corrected chi connectivity index (χ4v) is 3.30. The molecule has 0 atom stereocenters. The highest BCUT2D eigenvalue weighted by Crippen LogP contribution is 2.33. The van der Waals surface area contributed by atoms with E-state index in [0.29, 0.717) is 19.0 Å². The smallest absolute Gasteiger partial charge is 0.222 e. The molecule has 0 radical (unpaired) electrons. The van der Waals surface area contributed by atoms with Crippen LogP contribution in [0.3, 0.4) is 0 Å². The van der Waals surface area contributed by atoms with E-state index in [0.717, 1.165) is 52.2 Å². The number of hydrogen-bond acceptors (Lipinski definition) is 6. The highest BCUT2D eigenvalue weighted by Gasteiger charge is 2.17. The second kappa shape index (κ2) is 8.30. The lowest BCUT2D eigenvalue weighted by atomic mass is 10.1. The summed E-state index contributed by atoms with van der Waals surface area (Å²) in [6.45, 7) is 8.18. The van der Waals surface area contributed by atoms with E-state index < -0.39 is 0 Å². The van der Waals surface area contributed by atoms with Crippen LogP contribution < -0.4 is 10.1 Å². The van der Waals surface area contributed by atoms with Crippen molar-refractivity contribution in [1.29, 1.82) is 0 Å². The Kier molecular flexibility index (Phi) is 5.41. The van der Waals surface area contributed by atoms with Crippen molar-refractivity contribution >= 4 is 16.7 Å². The Morgan fingerprint density at radius 1 is 1.28 bits per heavy atom. The largest absolute Gasteiger partial charge is 0.477 e. The predicted octanol–water partition coefficient (Wildman–Crippen LogP) is 3.95. The molecule has 0 bridgehead atoms. The van der Waals surface area contributed by atoms with Gasteiger partial charge >= 0.3 is 0 Å². The molecule has 0 aliphatic carbocycles. The molecule has 0 saturated carbocycles. The minimum atomic E-state index is 0.600. The number of rotatable bonds is 8. The monoisotopic (exact) mass is 391 g/mol. The van der Waals surface area contributed by atoms with Gasteiger partial charge < -0.3 is 10.1 Å². The van der Waals surface area contributed by atoms with E-state index in [4.69, 9.17) is 9.72 Å². The summed E-state index contributed by atoms with van der Waals surface area (Å²) in [7, 11) is 0. The third kappa shape index (κ3) is 3.78. The molecule has 150 valence electrons. The standard InChI is InChI=1S/C21H25N7O/c1-4-9-29-21-16(7-6-8-22-21)17-10-18(23-11-15-12-24-25-13-15)20-19(26-17)14(3)27-28(20)5-2/h6-8,10,12-13H,4-5,9,11H2,1-3H3,(H,23,26)(H,24,25). The average molecular weight is 391 g/mol. The fraction of sp³-hybridized carbons (Fsp3) is 0.333. The van der Waals surface area contributed by atoms with Crippen LogP contribution in [0.25, 0.3) is 22.3 Å². The molecule has 4 aromatic rings. The maximum atomic E-state index is 5.86. The van der Waals surface area contributed by atoms with Crippen molar-refractivity contribution in [1.82, 2.24) is 29.9 Å². The van der Waals surface area contributed by atoms with Crippen LogP contribution in [0.5, 0.6) is 5.88 Å². The molecule has 0 saturated heterocycles. The van der Waals surface area contributed by atoms with Crippen LogP contribution in [0, 0.1) is 6.92 Å². The van der Waals surface area contributed by atoms with Gasteiger partial charge in [0.05, 0.1) is 35.4 Å². The molecule has 0 fully saturated rings. The number of aryl methyl sites for hydroxylation is 2. The number of anilines is 1. The van der Waals surface area contributed by atoms with Crippen LogP contribution in [0.2, 0.25) is 0 Å². The Morgan fingerprint density at radius 3 is 2.93 bits per heavy atom. The van der Waals surface area contributed by atoms with Crippen molar-refractivity contribution in [2.24, 2.45) is 0 Å². The van der Waals surface area contributed by atoms with Crippen molar-refractivity contribution in [3.8, 4) is 17.1 Å². The summed E-state index contributed by atoms with van der Waals surface area (Å²) in [6.07, 6.45) is 6.35. The zero-order valence-electron chi connectivity index (χ0n) is 16.9. The van der Waals surface area contributed by atoms with E-state index >= 15 is 0 Å². The van der Waals surface area contributed by atoms with Gasteiger partial charge in [-0.15, -0.1) is 0 Å². The molecule has 0 aromatic carbocycles. The highest BCUT2D eigenvalue weighted by atomic mass is 16.5. The first-order valence-corrected chi connectivity index (χ1v) is 9.89. The minimum Gasteiger partial charge on any atom is -0.477 e. The quantitative estimate of drug-likeness (QED) is 0.472. The lowest BCUT2D eigenvalue weighted by Crippen LogP contribution is -2.05. The Hall–Kier alpha value is -3.42. The molecule has 0 aliphatic rings. The summed E-state index contributed by atoms with van der Waals surface area (Å²) in [6, 6.07) is 5.94. The third-order valence-electron chi connectivity index (χ3n) is 4.69. The van der Waals surface area contributed by atoms with E-state index in [9.17, 15) is 0 Å². The van der Waals surface area contributed by atoms with Crippen LogP contribution in [0.4, 0.5) is 5.69 Å². The Labute approximate surface area is 169 Å². The normalized spacial score (nSPS) is 11.1. The molecule has 2 N–H and O–H groups in total. The molecule has 4 heterocycles. The van der Waals surface area contributed by atoms with Crippen LogP contribution in [0.1, 0.15) is 31.5 Å². The zero-order valence-corrected chi connectivity index (χ0v) is 16.9. The van der Waals surface area contributed by atoms with E-state index in [1.807, 2.05) is 42.2 Å². The van der Waals surface area contributed by atoms with Gasteiger partial charge in [0, 0.05) is 31.0 Å². The van der Waals surface area contributed by atoms with E-state index in [2.05, 4.69) is 39.4 Å². The number of fused-ring (bicyclic) bond motifs is 1. The zero-order chi connectivity index (χ0) is 20.2. The molecular formula is C21H25N7O. The summed E-state index contributed by atoms with van der Waals surface area (Å²) in [5.41, 5.74) is 6.50.